The number of rotatable bonds is 10. The molecule has 232 valence electrons. The van der Waals surface area contributed by atoms with Gasteiger partial charge in [0, 0.05) is 54.7 Å². The number of carbonyl (C=O) groups is 4. The fourth-order valence-corrected chi connectivity index (χ4v) is 5.98. The van der Waals surface area contributed by atoms with Crippen molar-refractivity contribution in [2.75, 3.05) is 32.6 Å². The van der Waals surface area contributed by atoms with Crippen LogP contribution in [0.3, 0.4) is 0 Å². The topological polar surface area (TPSA) is 152 Å². The summed E-state index contributed by atoms with van der Waals surface area (Å²) in [6.07, 6.45) is 4.89. The zero-order chi connectivity index (χ0) is 31.1. The summed E-state index contributed by atoms with van der Waals surface area (Å²) in [6, 6.07) is 10.4. The van der Waals surface area contributed by atoms with E-state index in [2.05, 4.69) is 27.8 Å². The second-order valence-electron chi connectivity index (χ2n) is 11.3. The van der Waals surface area contributed by atoms with Gasteiger partial charge in [0.1, 0.15) is 11.8 Å². The monoisotopic (exact) mass is 601 g/mol. The van der Waals surface area contributed by atoms with Crippen LogP contribution in [0.25, 0.3) is 0 Å². The van der Waals surface area contributed by atoms with E-state index in [1.165, 1.54) is 12.0 Å². The average Bonchev–Trinajstić information content (AvgIpc) is 3.36. The highest BCUT2D eigenvalue weighted by Crippen LogP contribution is 2.29. The third kappa shape index (κ3) is 7.38. The molecule has 0 radical (unpaired) electrons. The molecule has 0 bridgehead atoms. The van der Waals surface area contributed by atoms with Crippen molar-refractivity contribution in [3.05, 3.63) is 58.7 Å². The van der Waals surface area contributed by atoms with Crippen molar-refractivity contribution in [2.24, 2.45) is 0 Å². The van der Waals surface area contributed by atoms with Gasteiger partial charge < -0.3 is 30.7 Å². The van der Waals surface area contributed by atoms with Crippen LogP contribution in [0.1, 0.15) is 76.8 Å². The number of anilines is 1. The minimum Gasteiger partial charge on any atom is -0.495 e. The van der Waals surface area contributed by atoms with Crippen molar-refractivity contribution in [2.45, 2.75) is 69.6 Å². The Balaban J connectivity index is 0.979. The van der Waals surface area contributed by atoms with Gasteiger partial charge in [-0.3, -0.25) is 24.5 Å². The molecule has 2 aliphatic heterocycles. The second kappa shape index (κ2) is 14.4. The predicted octanol–water partition coefficient (Wildman–Crippen LogP) is 2.13. The van der Waals surface area contributed by atoms with E-state index in [0.29, 0.717) is 61.2 Å². The lowest BCUT2D eigenvalue weighted by Crippen LogP contribution is -2.52. The molecule has 2 aromatic carbocycles. The predicted molar refractivity (Wildman–Crippen MR) is 164 cm³/mol. The third-order valence-corrected chi connectivity index (χ3v) is 8.41. The van der Waals surface area contributed by atoms with E-state index < -0.39 is 11.9 Å². The van der Waals surface area contributed by atoms with Gasteiger partial charge in [0.05, 0.1) is 26.0 Å². The zero-order valence-electron chi connectivity index (χ0n) is 24.9. The quantitative estimate of drug-likeness (QED) is 0.140. The molecule has 3 aliphatic rings. The fourth-order valence-electron chi connectivity index (χ4n) is 5.98. The van der Waals surface area contributed by atoms with Crippen molar-refractivity contribution in [1.82, 2.24) is 20.9 Å². The van der Waals surface area contributed by atoms with Gasteiger partial charge in [-0.25, -0.2) is 0 Å². The smallest absolute Gasteiger partial charge is 0.255 e. The summed E-state index contributed by atoms with van der Waals surface area (Å²) in [5, 5.41) is 9.00. The molecule has 1 aliphatic carbocycles. The number of ether oxygens (including phenoxy) is 2. The van der Waals surface area contributed by atoms with Crippen molar-refractivity contribution >= 4 is 29.3 Å². The molecule has 11 nitrogen and oxygen atoms in total. The van der Waals surface area contributed by atoms with Crippen LogP contribution < -0.4 is 26.4 Å². The molecular formula is C33H39N5O6. The summed E-state index contributed by atoms with van der Waals surface area (Å²) in [5.74, 6) is 5.76. The Labute approximate surface area is 257 Å². The lowest BCUT2D eigenvalue weighted by molar-refractivity contribution is -0.136. The molecule has 0 aromatic heterocycles. The van der Waals surface area contributed by atoms with Crippen LogP contribution in [0.15, 0.2) is 36.4 Å². The number of fused-ring (bicyclic) bond motifs is 1. The van der Waals surface area contributed by atoms with Gasteiger partial charge in [-0.2, -0.15) is 0 Å². The van der Waals surface area contributed by atoms with Crippen LogP contribution >= 0.6 is 0 Å². The molecule has 1 unspecified atom stereocenters. The highest BCUT2D eigenvalue weighted by atomic mass is 16.5. The first-order valence-electron chi connectivity index (χ1n) is 15.1. The number of hydrogen-bond donors (Lipinski definition) is 4. The Kier molecular flexibility index (Phi) is 10.1. The molecule has 44 heavy (non-hydrogen) atoms. The van der Waals surface area contributed by atoms with E-state index in [9.17, 15) is 19.2 Å². The highest BCUT2D eigenvalue weighted by molar-refractivity contribution is 6.05. The maximum atomic E-state index is 13.0. The standard InChI is InChI=1S/C33H39N5O6/c1-43-29-19-22(8-13-27(29)34)31(40)36-24-11-9-23(10-12-24)35-16-18-44-17-3-2-5-21-6-4-7-25-26(21)20-38(33(25)42)28-14-15-30(39)37-32(28)41/h4,6-8,13,19,23-24,28,35H,3,9-12,14-18,20,34H2,1H3,(H,36,40)(H,37,39,41). The van der Waals surface area contributed by atoms with Crippen molar-refractivity contribution in [1.29, 1.82) is 0 Å². The number of nitrogen functional groups attached to an aromatic ring is 1. The van der Waals surface area contributed by atoms with E-state index in [1.807, 2.05) is 6.07 Å². The van der Waals surface area contributed by atoms with Gasteiger partial charge >= 0.3 is 0 Å². The first-order chi connectivity index (χ1) is 21.3. The lowest BCUT2D eigenvalue weighted by atomic mass is 9.91. The Morgan fingerprint density at radius 3 is 2.64 bits per heavy atom. The summed E-state index contributed by atoms with van der Waals surface area (Å²) < 4.78 is 11.0. The third-order valence-electron chi connectivity index (χ3n) is 8.41. The number of carbonyl (C=O) groups excluding carboxylic acids is 4. The fraction of sp³-hybridized carbons (Fsp3) is 0.455. The summed E-state index contributed by atoms with van der Waals surface area (Å²) >= 11 is 0. The van der Waals surface area contributed by atoms with E-state index >= 15 is 0 Å². The van der Waals surface area contributed by atoms with Gasteiger partial charge in [0.2, 0.25) is 11.8 Å². The second-order valence-corrected chi connectivity index (χ2v) is 11.3. The minimum absolute atomic E-state index is 0.115. The van der Waals surface area contributed by atoms with Crippen LogP contribution in [-0.4, -0.2) is 73.5 Å². The largest absolute Gasteiger partial charge is 0.495 e. The SMILES string of the molecule is COc1cc(C(=O)NC2CCC(NCCOCCC#Cc3cccc4c3CN(C3CCC(=O)NC3=O)C4=O)CC2)ccc1N. The number of nitrogens with two attached hydrogens (primary N) is 1. The number of piperidine rings is 1. The number of imide groups is 1. The number of hydrogen-bond acceptors (Lipinski definition) is 8. The molecule has 4 amide bonds. The molecule has 1 atom stereocenters. The number of benzene rings is 2. The normalized spacial score (nSPS) is 21.2. The summed E-state index contributed by atoms with van der Waals surface area (Å²) in [5.41, 5.74) is 9.04. The van der Waals surface area contributed by atoms with Crippen LogP contribution in [0.4, 0.5) is 5.69 Å². The van der Waals surface area contributed by atoms with E-state index in [4.69, 9.17) is 15.2 Å². The average molecular weight is 602 g/mol. The maximum absolute atomic E-state index is 13.0. The molecule has 1 saturated carbocycles. The van der Waals surface area contributed by atoms with Crippen molar-refractivity contribution < 1.29 is 28.7 Å². The number of amides is 4. The van der Waals surface area contributed by atoms with Crippen LogP contribution in [0, 0.1) is 11.8 Å². The van der Waals surface area contributed by atoms with Gasteiger partial charge in [0.15, 0.2) is 0 Å². The molecule has 1 saturated heterocycles. The van der Waals surface area contributed by atoms with Crippen molar-refractivity contribution in [3.8, 4) is 17.6 Å². The summed E-state index contributed by atoms with van der Waals surface area (Å²) in [4.78, 5) is 51.0. The molecule has 11 heteroatoms. The Morgan fingerprint density at radius 1 is 1.07 bits per heavy atom. The van der Waals surface area contributed by atoms with E-state index in [0.717, 1.165) is 43.4 Å². The minimum atomic E-state index is -0.642. The maximum Gasteiger partial charge on any atom is 0.255 e. The molecular weight excluding hydrogens is 562 g/mol. The molecule has 5 rings (SSSR count). The first-order valence-corrected chi connectivity index (χ1v) is 15.1. The number of nitrogens with zero attached hydrogens (tertiary/aromatic N) is 1. The summed E-state index contributed by atoms with van der Waals surface area (Å²) in [6.45, 7) is 2.12. The van der Waals surface area contributed by atoms with E-state index in [-0.39, 0.29) is 30.2 Å². The first kappa shape index (κ1) is 31.0. The van der Waals surface area contributed by atoms with Crippen molar-refractivity contribution in [3.63, 3.8) is 0 Å². The molecule has 2 fully saturated rings. The van der Waals surface area contributed by atoms with Gasteiger partial charge in [0.25, 0.3) is 11.8 Å². The molecule has 5 N–H and O–H groups in total. The molecule has 2 aromatic rings. The molecule has 2 heterocycles. The summed E-state index contributed by atoms with van der Waals surface area (Å²) in [7, 11) is 1.53. The van der Waals surface area contributed by atoms with Gasteiger partial charge in [-0.05, 0) is 68.0 Å². The Bertz CT molecular complexity index is 1470. The Hall–Kier alpha value is -4.40. The molecule has 0 spiro atoms. The highest BCUT2D eigenvalue weighted by Gasteiger charge is 2.39. The number of nitrogens with one attached hydrogen (secondary N) is 3. The van der Waals surface area contributed by atoms with Crippen LogP contribution in [-0.2, 0) is 20.9 Å². The van der Waals surface area contributed by atoms with E-state index in [1.54, 1.807) is 30.3 Å². The Morgan fingerprint density at radius 2 is 1.86 bits per heavy atom. The van der Waals surface area contributed by atoms with Gasteiger partial charge in [-0.15, -0.1) is 0 Å². The van der Waals surface area contributed by atoms with Crippen LogP contribution in [0.2, 0.25) is 0 Å². The van der Waals surface area contributed by atoms with Gasteiger partial charge in [-0.1, -0.05) is 17.9 Å². The zero-order valence-corrected chi connectivity index (χ0v) is 24.9. The van der Waals surface area contributed by atoms with Crippen LogP contribution in [0.5, 0.6) is 5.75 Å². The number of methoxy groups -OCH3 is 1. The lowest BCUT2D eigenvalue weighted by Gasteiger charge is -2.29.